The molecule has 0 bridgehead atoms. The first-order chi connectivity index (χ1) is 10.1. The lowest BCUT2D eigenvalue weighted by Crippen LogP contribution is -2.39. The molecular formula is C12H16N4O5S. The van der Waals surface area contributed by atoms with Crippen molar-refractivity contribution in [1.82, 2.24) is 19.0 Å². The van der Waals surface area contributed by atoms with Crippen molar-refractivity contribution in [3.63, 3.8) is 0 Å². The molecule has 0 saturated carbocycles. The van der Waals surface area contributed by atoms with Gasteiger partial charge >= 0.3 is 5.69 Å². The minimum Gasteiger partial charge on any atom is -0.360 e. The average molecular weight is 328 g/mol. The van der Waals surface area contributed by atoms with E-state index in [2.05, 4.69) is 9.88 Å². The fourth-order valence-corrected chi connectivity index (χ4v) is 3.37. The van der Waals surface area contributed by atoms with Gasteiger partial charge in [0.05, 0.1) is 6.54 Å². The van der Waals surface area contributed by atoms with Crippen molar-refractivity contribution in [3.8, 4) is 0 Å². The van der Waals surface area contributed by atoms with E-state index < -0.39 is 21.3 Å². The zero-order valence-corrected chi connectivity index (χ0v) is 13.4. The van der Waals surface area contributed by atoms with E-state index in [4.69, 9.17) is 4.52 Å². The summed E-state index contributed by atoms with van der Waals surface area (Å²) >= 11 is 0. The largest absolute Gasteiger partial charge is 0.360 e. The summed E-state index contributed by atoms with van der Waals surface area (Å²) in [6.45, 7) is 2.80. The molecule has 0 aliphatic carbocycles. The lowest BCUT2D eigenvalue weighted by Gasteiger charge is -2.10. The molecule has 0 amide bonds. The van der Waals surface area contributed by atoms with Crippen molar-refractivity contribution in [2.45, 2.75) is 25.3 Å². The smallest absolute Gasteiger partial charge is 0.330 e. The minimum atomic E-state index is -3.86. The molecule has 120 valence electrons. The molecule has 2 heterocycles. The molecule has 1 N–H and O–H groups in total. The van der Waals surface area contributed by atoms with Gasteiger partial charge in [0.15, 0.2) is 5.76 Å². The lowest BCUT2D eigenvalue weighted by molar-refractivity contribution is 0.390. The number of hydrogen-bond acceptors (Lipinski definition) is 6. The molecule has 0 radical (unpaired) electrons. The molecule has 0 atom stereocenters. The summed E-state index contributed by atoms with van der Waals surface area (Å²) in [4.78, 5) is 23.4. The predicted octanol–water partition coefficient (Wildman–Crippen LogP) is -0.833. The zero-order chi connectivity index (χ0) is 16.7. The van der Waals surface area contributed by atoms with E-state index in [9.17, 15) is 18.0 Å². The molecule has 0 aliphatic rings. The van der Waals surface area contributed by atoms with Gasteiger partial charge in [0.1, 0.15) is 10.6 Å². The second-order valence-corrected chi connectivity index (χ2v) is 6.56. The Morgan fingerprint density at radius 1 is 1.23 bits per heavy atom. The van der Waals surface area contributed by atoms with Crippen LogP contribution >= 0.6 is 0 Å². The molecular weight excluding hydrogens is 312 g/mol. The molecule has 10 heteroatoms. The Morgan fingerprint density at radius 3 is 2.41 bits per heavy atom. The van der Waals surface area contributed by atoms with Crippen molar-refractivity contribution >= 4 is 10.0 Å². The molecule has 2 aromatic heterocycles. The Kier molecular flexibility index (Phi) is 4.07. The van der Waals surface area contributed by atoms with E-state index >= 15 is 0 Å². The van der Waals surface area contributed by atoms with Gasteiger partial charge in [-0.1, -0.05) is 5.16 Å². The second kappa shape index (κ2) is 5.54. The molecule has 0 aromatic carbocycles. The van der Waals surface area contributed by atoms with E-state index in [0.29, 0.717) is 0 Å². The molecule has 2 aromatic rings. The third kappa shape index (κ3) is 2.74. The summed E-state index contributed by atoms with van der Waals surface area (Å²) in [5.74, 6) is 0.169. The Morgan fingerprint density at radius 2 is 1.86 bits per heavy atom. The number of nitrogens with zero attached hydrogens (tertiary/aromatic N) is 3. The predicted molar refractivity (Wildman–Crippen MR) is 76.9 cm³/mol. The third-order valence-electron chi connectivity index (χ3n) is 3.31. The van der Waals surface area contributed by atoms with Crippen LogP contribution in [0.2, 0.25) is 0 Å². The topological polar surface area (TPSA) is 116 Å². The molecule has 22 heavy (non-hydrogen) atoms. The van der Waals surface area contributed by atoms with E-state index in [0.717, 1.165) is 4.57 Å². The molecule has 0 saturated heterocycles. The van der Waals surface area contributed by atoms with Crippen LogP contribution in [0.15, 0.2) is 25.1 Å². The number of aryl methyl sites for hydroxylation is 2. The van der Waals surface area contributed by atoms with Crippen molar-refractivity contribution < 1.29 is 12.9 Å². The molecule has 0 aliphatic heterocycles. The van der Waals surface area contributed by atoms with Crippen LogP contribution in [0.25, 0.3) is 0 Å². The van der Waals surface area contributed by atoms with Gasteiger partial charge in [-0.3, -0.25) is 13.9 Å². The van der Waals surface area contributed by atoms with Gasteiger partial charge in [-0.25, -0.2) is 17.9 Å². The third-order valence-corrected chi connectivity index (χ3v) is 4.95. The van der Waals surface area contributed by atoms with Gasteiger partial charge in [0.2, 0.25) is 10.0 Å². The summed E-state index contributed by atoms with van der Waals surface area (Å²) in [5, 5.41) is 3.59. The fourth-order valence-electron chi connectivity index (χ4n) is 2.05. The second-order valence-electron chi connectivity index (χ2n) is 4.85. The van der Waals surface area contributed by atoms with Gasteiger partial charge in [-0.05, 0) is 13.8 Å². The Balaban J connectivity index is 2.35. The maximum atomic E-state index is 12.3. The van der Waals surface area contributed by atoms with Crippen LogP contribution in [0, 0.1) is 13.8 Å². The molecule has 0 fully saturated rings. The summed E-state index contributed by atoms with van der Waals surface area (Å²) in [5.41, 5.74) is -0.542. The highest BCUT2D eigenvalue weighted by molar-refractivity contribution is 7.89. The first-order valence-corrected chi connectivity index (χ1v) is 7.82. The Bertz CT molecular complexity index is 916. The number of aromatic nitrogens is 3. The average Bonchev–Trinajstić information content (AvgIpc) is 2.79. The quantitative estimate of drug-likeness (QED) is 0.783. The summed E-state index contributed by atoms with van der Waals surface area (Å²) < 4.78 is 33.9. The molecule has 0 unspecified atom stereocenters. The fraction of sp³-hybridized carbons (Fsp3) is 0.417. The van der Waals surface area contributed by atoms with Gasteiger partial charge in [-0.2, -0.15) is 0 Å². The summed E-state index contributed by atoms with van der Waals surface area (Å²) in [6, 6.07) is 1.21. The van der Waals surface area contributed by atoms with E-state index in [-0.39, 0.29) is 28.6 Å². The number of nitrogens with one attached hydrogen (secondary N) is 1. The van der Waals surface area contributed by atoms with Gasteiger partial charge in [0.25, 0.3) is 5.56 Å². The highest BCUT2D eigenvalue weighted by Gasteiger charge is 2.24. The minimum absolute atomic E-state index is 0.0404. The number of sulfonamides is 1. The maximum absolute atomic E-state index is 12.3. The zero-order valence-electron chi connectivity index (χ0n) is 12.6. The monoisotopic (exact) mass is 328 g/mol. The first-order valence-electron chi connectivity index (χ1n) is 6.33. The van der Waals surface area contributed by atoms with Crippen LogP contribution in [0.5, 0.6) is 0 Å². The van der Waals surface area contributed by atoms with Crippen LogP contribution < -0.4 is 16.0 Å². The van der Waals surface area contributed by atoms with E-state index in [1.54, 1.807) is 0 Å². The normalized spacial score (nSPS) is 11.8. The molecule has 0 spiro atoms. The maximum Gasteiger partial charge on any atom is 0.330 e. The molecule has 2 rings (SSSR count). The van der Waals surface area contributed by atoms with Crippen LogP contribution in [0.3, 0.4) is 0 Å². The van der Waals surface area contributed by atoms with Crippen LogP contribution in [0.1, 0.15) is 17.1 Å². The van der Waals surface area contributed by atoms with Gasteiger partial charge in [-0.15, -0.1) is 0 Å². The van der Waals surface area contributed by atoms with Crippen LogP contribution in [-0.4, -0.2) is 22.7 Å². The van der Waals surface area contributed by atoms with Crippen molar-refractivity contribution in [1.29, 1.82) is 0 Å². The van der Waals surface area contributed by atoms with Crippen molar-refractivity contribution in [3.05, 3.63) is 44.1 Å². The summed E-state index contributed by atoms with van der Waals surface area (Å²) in [6.07, 6.45) is 0. The highest BCUT2D eigenvalue weighted by atomic mass is 32.2. The standard InChI is InChI=1S/C12H16N4O5S/c1-7-11(8(2)21-14-7)22(19,20)13-6-9-5-10(17)16(4)12(18)15(9)3/h5,13H,6H2,1-4H3. The van der Waals surface area contributed by atoms with E-state index in [1.807, 2.05) is 0 Å². The summed E-state index contributed by atoms with van der Waals surface area (Å²) in [7, 11) is -1.05. The van der Waals surface area contributed by atoms with Crippen molar-refractivity contribution in [2.75, 3.05) is 0 Å². The first kappa shape index (κ1) is 16.2. The van der Waals surface area contributed by atoms with Crippen LogP contribution in [0.4, 0.5) is 0 Å². The number of hydrogen-bond donors (Lipinski definition) is 1. The van der Waals surface area contributed by atoms with Crippen LogP contribution in [-0.2, 0) is 30.7 Å². The SMILES string of the molecule is Cc1noc(C)c1S(=O)(=O)NCc1cc(=O)n(C)c(=O)n1C. The molecule has 9 nitrogen and oxygen atoms in total. The van der Waals surface area contributed by atoms with Gasteiger partial charge in [0, 0.05) is 25.9 Å². The van der Waals surface area contributed by atoms with Crippen molar-refractivity contribution in [2.24, 2.45) is 14.1 Å². The number of rotatable bonds is 4. The van der Waals surface area contributed by atoms with Gasteiger partial charge < -0.3 is 4.52 Å². The Hall–Kier alpha value is -2.20. The highest BCUT2D eigenvalue weighted by Crippen LogP contribution is 2.18. The van der Waals surface area contributed by atoms with E-state index in [1.165, 1.54) is 38.6 Å². The lowest BCUT2D eigenvalue weighted by atomic mass is 10.4. The Labute approximate surface area is 126 Å².